The Labute approximate surface area is 267 Å². The van der Waals surface area contributed by atoms with E-state index in [1.807, 2.05) is 36.4 Å². The number of aromatic nitrogens is 2. The highest BCUT2D eigenvalue weighted by Gasteiger charge is 2.21. The summed E-state index contributed by atoms with van der Waals surface area (Å²) >= 11 is 0. The molecule has 4 nitrogen and oxygen atoms in total. The average Bonchev–Trinajstić information content (AvgIpc) is 3.55. The van der Waals surface area contributed by atoms with Crippen LogP contribution in [0.5, 0.6) is 0 Å². The minimum absolute atomic E-state index is 0.563. The van der Waals surface area contributed by atoms with E-state index < -0.39 is 0 Å². The molecule has 0 unspecified atom stereocenters. The minimum Gasteiger partial charge on any atom is -0.309 e. The molecular weight excluding hydrogens is 560 g/mol. The molecule has 2 heterocycles. The lowest BCUT2D eigenvalue weighted by molar-refractivity contribution is 1.16. The lowest BCUT2D eigenvalue weighted by atomic mass is 9.97. The number of aryl methyl sites for hydroxylation is 4. The standard InChI is InChI=1S/C42H30N4/c1-25-5-11-37-31(17-25)32-18-26(2)6-12-38(32)45(37)41-15-9-29(23-43)21-35(41)36-22-30(24-44)10-16-42(36)46-39-13-7-27(3)19-33(39)34-20-28(4)8-14-40(34)46/h5-22H,1-4H3. The van der Waals surface area contributed by atoms with E-state index in [9.17, 15) is 10.5 Å². The largest absolute Gasteiger partial charge is 0.309 e. The van der Waals surface area contributed by atoms with E-state index in [0.717, 1.165) is 44.6 Å². The fourth-order valence-electron chi connectivity index (χ4n) is 7.05. The van der Waals surface area contributed by atoms with Crippen LogP contribution in [0.3, 0.4) is 0 Å². The Hall–Kier alpha value is -6.10. The van der Waals surface area contributed by atoms with E-state index in [2.05, 4.69) is 122 Å². The van der Waals surface area contributed by atoms with Crippen molar-refractivity contribution in [1.29, 1.82) is 10.5 Å². The highest BCUT2D eigenvalue weighted by atomic mass is 15.0. The van der Waals surface area contributed by atoms with Gasteiger partial charge in [-0.05, 0) is 113 Å². The molecule has 0 saturated heterocycles. The molecule has 8 rings (SSSR count). The van der Waals surface area contributed by atoms with Crippen LogP contribution in [0.2, 0.25) is 0 Å². The first kappa shape index (κ1) is 27.4. The summed E-state index contributed by atoms with van der Waals surface area (Å²) in [5, 5.41) is 25.0. The lowest BCUT2D eigenvalue weighted by Crippen LogP contribution is -2.02. The van der Waals surface area contributed by atoms with Crippen LogP contribution in [0.1, 0.15) is 33.4 Å². The molecule has 0 amide bonds. The third-order valence-electron chi connectivity index (χ3n) is 9.18. The number of hydrogen-bond donors (Lipinski definition) is 0. The first-order valence-electron chi connectivity index (χ1n) is 15.5. The second kappa shape index (κ2) is 10.2. The van der Waals surface area contributed by atoms with Crippen molar-refractivity contribution in [3.8, 4) is 34.6 Å². The van der Waals surface area contributed by atoms with Gasteiger partial charge in [0.2, 0.25) is 0 Å². The molecule has 0 spiro atoms. The minimum atomic E-state index is 0.563. The van der Waals surface area contributed by atoms with Crippen LogP contribution in [0.25, 0.3) is 66.1 Å². The summed E-state index contributed by atoms with van der Waals surface area (Å²) in [5.74, 6) is 0. The van der Waals surface area contributed by atoms with Gasteiger partial charge >= 0.3 is 0 Å². The van der Waals surface area contributed by atoms with Crippen LogP contribution >= 0.6 is 0 Å². The average molecular weight is 591 g/mol. The van der Waals surface area contributed by atoms with Crippen LogP contribution in [0.15, 0.2) is 109 Å². The summed E-state index contributed by atoms with van der Waals surface area (Å²) in [6.45, 7) is 8.50. The molecule has 218 valence electrons. The van der Waals surface area contributed by atoms with E-state index in [1.54, 1.807) is 0 Å². The first-order chi connectivity index (χ1) is 22.3. The third kappa shape index (κ3) is 4.12. The van der Waals surface area contributed by atoms with Crippen LogP contribution in [0.4, 0.5) is 0 Å². The van der Waals surface area contributed by atoms with Crippen molar-refractivity contribution < 1.29 is 0 Å². The molecule has 0 aliphatic rings. The zero-order valence-corrected chi connectivity index (χ0v) is 26.2. The van der Waals surface area contributed by atoms with E-state index in [-0.39, 0.29) is 0 Å². The molecule has 0 radical (unpaired) electrons. The van der Waals surface area contributed by atoms with E-state index >= 15 is 0 Å². The van der Waals surface area contributed by atoms with Crippen LogP contribution < -0.4 is 0 Å². The van der Waals surface area contributed by atoms with E-state index in [4.69, 9.17) is 0 Å². The Balaban J connectivity index is 1.52. The van der Waals surface area contributed by atoms with Gasteiger partial charge in [-0.15, -0.1) is 0 Å². The van der Waals surface area contributed by atoms with Crippen molar-refractivity contribution in [3.05, 3.63) is 143 Å². The van der Waals surface area contributed by atoms with Gasteiger partial charge in [-0.3, -0.25) is 0 Å². The highest BCUT2D eigenvalue weighted by Crippen LogP contribution is 2.42. The maximum atomic E-state index is 10.1. The van der Waals surface area contributed by atoms with E-state index in [1.165, 1.54) is 43.8 Å². The SMILES string of the molecule is Cc1ccc2c(c1)c1cc(C)ccc1n2-c1ccc(C#N)cc1-c1cc(C#N)ccc1-n1c2ccc(C)cc2c2cc(C)ccc21. The summed E-state index contributed by atoms with van der Waals surface area (Å²) in [5.41, 5.74) is 14.0. The summed E-state index contributed by atoms with van der Waals surface area (Å²) in [7, 11) is 0. The zero-order valence-electron chi connectivity index (χ0n) is 26.2. The molecule has 2 aromatic heterocycles. The van der Waals surface area contributed by atoms with Gasteiger partial charge in [0, 0.05) is 32.7 Å². The molecule has 4 heteroatoms. The molecule has 8 aromatic rings. The summed E-state index contributed by atoms with van der Waals surface area (Å²) in [6, 6.07) is 42.9. The van der Waals surface area contributed by atoms with Crippen LogP contribution in [-0.2, 0) is 0 Å². The van der Waals surface area contributed by atoms with E-state index in [0.29, 0.717) is 11.1 Å². The summed E-state index contributed by atoms with van der Waals surface area (Å²) < 4.78 is 4.61. The number of benzene rings is 6. The Kier molecular flexibility index (Phi) is 6.11. The Morgan fingerprint density at radius 2 is 0.696 bits per heavy atom. The van der Waals surface area contributed by atoms with Crippen molar-refractivity contribution in [3.63, 3.8) is 0 Å². The Morgan fingerprint density at radius 3 is 0.978 bits per heavy atom. The van der Waals surface area contributed by atoms with Crippen molar-refractivity contribution in [2.24, 2.45) is 0 Å². The molecule has 46 heavy (non-hydrogen) atoms. The maximum absolute atomic E-state index is 10.1. The van der Waals surface area contributed by atoms with Crippen LogP contribution in [-0.4, -0.2) is 9.13 Å². The molecule has 6 aromatic carbocycles. The molecule has 0 saturated carbocycles. The molecular formula is C42H30N4. The van der Waals surface area contributed by atoms with Crippen molar-refractivity contribution in [2.45, 2.75) is 27.7 Å². The molecule has 0 bridgehead atoms. The number of fused-ring (bicyclic) bond motifs is 6. The van der Waals surface area contributed by atoms with Gasteiger partial charge in [0.15, 0.2) is 0 Å². The topological polar surface area (TPSA) is 57.4 Å². The quantitative estimate of drug-likeness (QED) is 0.206. The zero-order chi connectivity index (χ0) is 31.7. The van der Waals surface area contributed by atoms with Crippen molar-refractivity contribution >= 4 is 43.6 Å². The Bertz CT molecular complexity index is 2350. The fourth-order valence-corrected chi connectivity index (χ4v) is 7.05. The van der Waals surface area contributed by atoms with Gasteiger partial charge in [-0.25, -0.2) is 0 Å². The molecule has 0 aliphatic heterocycles. The van der Waals surface area contributed by atoms with Gasteiger partial charge < -0.3 is 9.13 Å². The second-order valence-corrected chi connectivity index (χ2v) is 12.4. The monoisotopic (exact) mass is 590 g/mol. The smallest absolute Gasteiger partial charge is 0.0991 e. The van der Waals surface area contributed by atoms with Gasteiger partial charge in [0.1, 0.15) is 0 Å². The molecule has 0 fully saturated rings. The second-order valence-electron chi connectivity index (χ2n) is 12.4. The third-order valence-corrected chi connectivity index (χ3v) is 9.18. The Morgan fingerprint density at radius 1 is 0.391 bits per heavy atom. The number of nitriles is 2. The predicted octanol–water partition coefficient (Wildman–Crippen LogP) is 10.5. The first-order valence-corrected chi connectivity index (χ1v) is 15.5. The number of rotatable bonds is 3. The molecule has 0 atom stereocenters. The number of nitrogens with zero attached hydrogens (tertiary/aromatic N) is 4. The van der Waals surface area contributed by atoms with Gasteiger partial charge in [-0.1, -0.05) is 46.5 Å². The van der Waals surface area contributed by atoms with Gasteiger partial charge in [-0.2, -0.15) is 10.5 Å². The summed E-state index contributed by atoms with van der Waals surface area (Å²) in [4.78, 5) is 0. The van der Waals surface area contributed by atoms with Crippen molar-refractivity contribution in [1.82, 2.24) is 9.13 Å². The maximum Gasteiger partial charge on any atom is 0.0991 e. The normalized spacial score (nSPS) is 11.4. The van der Waals surface area contributed by atoms with Gasteiger partial charge in [0.05, 0.1) is 56.7 Å². The number of hydrogen-bond acceptors (Lipinski definition) is 2. The lowest BCUT2D eigenvalue weighted by Gasteiger charge is -2.19. The van der Waals surface area contributed by atoms with Gasteiger partial charge in [0.25, 0.3) is 0 Å². The van der Waals surface area contributed by atoms with Crippen molar-refractivity contribution in [2.75, 3.05) is 0 Å². The fraction of sp³-hybridized carbons (Fsp3) is 0.0952. The predicted molar refractivity (Wildman–Crippen MR) is 189 cm³/mol. The molecule has 0 aliphatic carbocycles. The molecule has 0 N–H and O–H groups in total. The highest BCUT2D eigenvalue weighted by molar-refractivity contribution is 6.12. The van der Waals surface area contributed by atoms with Crippen LogP contribution in [0, 0.1) is 50.4 Å². The summed E-state index contributed by atoms with van der Waals surface area (Å²) in [6.07, 6.45) is 0.